The van der Waals surface area contributed by atoms with E-state index in [0.717, 1.165) is 6.42 Å². The Balaban J connectivity index is 1.86. The summed E-state index contributed by atoms with van der Waals surface area (Å²) in [6.07, 6.45) is 0.862. The molecule has 0 saturated heterocycles. The van der Waals surface area contributed by atoms with Gasteiger partial charge in [0.05, 0.1) is 15.9 Å². The maximum atomic E-state index is 13.3. The SMILES string of the molecule is CC(C)CCNn1c(=O)c(C2=NS(O)(O)c3ccccc3N2)c(O)c2sccc21. The first-order valence-electron chi connectivity index (χ1n) is 9.13. The number of hydrogen-bond acceptors (Lipinski definition) is 8. The molecule has 0 fully saturated rings. The number of nitrogens with zero attached hydrogens (tertiary/aromatic N) is 2. The maximum absolute atomic E-state index is 13.3. The number of hydrogen-bond donors (Lipinski definition) is 5. The molecule has 5 N–H and O–H groups in total. The zero-order valence-corrected chi connectivity index (χ0v) is 17.5. The lowest BCUT2D eigenvalue weighted by Crippen LogP contribution is -2.36. The normalized spacial score (nSPS) is 16.2. The predicted octanol–water partition coefficient (Wildman–Crippen LogP) is 4.26. The van der Waals surface area contributed by atoms with Crippen molar-refractivity contribution in [1.82, 2.24) is 4.68 Å². The third kappa shape index (κ3) is 3.48. The van der Waals surface area contributed by atoms with Crippen LogP contribution in [-0.2, 0) is 0 Å². The van der Waals surface area contributed by atoms with Crippen LogP contribution in [0.2, 0.25) is 0 Å². The number of fused-ring (bicyclic) bond motifs is 2. The molecule has 4 rings (SSSR count). The van der Waals surface area contributed by atoms with E-state index < -0.39 is 16.3 Å². The number of thiophene rings is 1. The van der Waals surface area contributed by atoms with Gasteiger partial charge in [0.1, 0.15) is 10.5 Å². The number of rotatable bonds is 5. The fraction of sp³-hybridized carbons (Fsp3) is 0.263. The Hall–Kier alpha value is -2.53. The molecule has 154 valence electrons. The van der Waals surface area contributed by atoms with Crippen molar-refractivity contribution < 1.29 is 14.2 Å². The smallest absolute Gasteiger partial charge is 0.284 e. The summed E-state index contributed by atoms with van der Waals surface area (Å²) in [5.74, 6) is 0.158. The second-order valence-electron chi connectivity index (χ2n) is 7.17. The predicted molar refractivity (Wildman–Crippen MR) is 119 cm³/mol. The Morgan fingerprint density at radius 3 is 2.79 bits per heavy atom. The molecule has 0 atom stereocenters. The standard InChI is InChI=1S/C19H22N4O4S2/c1-11(2)7-9-20-23-13-8-10-28-17(13)16(24)15(19(23)25)18-21-12-5-3-4-6-14(12)29(26,27)22-18/h3-6,8,10-11,20,24,26-27H,7,9H2,1-2H3,(H,21,22). The van der Waals surface area contributed by atoms with Gasteiger partial charge < -0.3 is 15.8 Å². The van der Waals surface area contributed by atoms with Crippen LogP contribution in [0.1, 0.15) is 25.8 Å². The van der Waals surface area contributed by atoms with Crippen LogP contribution in [0, 0.1) is 5.92 Å². The Labute approximate surface area is 173 Å². The van der Waals surface area contributed by atoms with E-state index in [9.17, 15) is 19.0 Å². The van der Waals surface area contributed by atoms with Crippen LogP contribution >= 0.6 is 22.1 Å². The summed E-state index contributed by atoms with van der Waals surface area (Å²) in [6, 6.07) is 8.39. The van der Waals surface area contributed by atoms with E-state index in [1.165, 1.54) is 16.0 Å². The molecule has 29 heavy (non-hydrogen) atoms. The summed E-state index contributed by atoms with van der Waals surface area (Å²) in [5.41, 5.74) is 3.49. The third-order valence-corrected chi connectivity index (χ3v) is 6.93. The van der Waals surface area contributed by atoms with Gasteiger partial charge >= 0.3 is 0 Å². The van der Waals surface area contributed by atoms with Crippen LogP contribution in [0.25, 0.3) is 10.2 Å². The molecule has 1 aromatic carbocycles. The monoisotopic (exact) mass is 434 g/mol. The van der Waals surface area contributed by atoms with Crippen molar-refractivity contribution in [1.29, 1.82) is 0 Å². The van der Waals surface area contributed by atoms with Crippen molar-refractivity contribution in [3.8, 4) is 5.75 Å². The summed E-state index contributed by atoms with van der Waals surface area (Å²) in [4.78, 5) is 13.5. The molecule has 0 unspecified atom stereocenters. The minimum Gasteiger partial charge on any atom is -0.505 e. The third-order valence-electron chi connectivity index (χ3n) is 4.64. The van der Waals surface area contributed by atoms with E-state index in [2.05, 4.69) is 29.0 Å². The largest absolute Gasteiger partial charge is 0.505 e. The zero-order valence-electron chi connectivity index (χ0n) is 15.9. The van der Waals surface area contributed by atoms with E-state index in [1.54, 1.807) is 35.7 Å². The Morgan fingerprint density at radius 2 is 2.03 bits per heavy atom. The van der Waals surface area contributed by atoms with Crippen LogP contribution in [0.4, 0.5) is 5.69 Å². The highest BCUT2D eigenvalue weighted by Crippen LogP contribution is 2.55. The van der Waals surface area contributed by atoms with Crippen molar-refractivity contribution in [2.45, 2.75) is 25.2 Å². The molecule has 1 aliphatic heterocycles. The molecule has 0 radical (unpaired) electrons. The topological polar surface area (TPSA) is 119 Å². The van der Waals surface area contributed by atoms with Crippen molar-refractivity contribution in [3.63, 3.8) is 0 Å². The molecule has 10 heteroatoms. The van der Waals surface area contributed by atoms with Gasteiger partial charge in [-0.3, -0.25) is 13.9 Å². The molecule has 8 nitrogen and oxygen atoms in total. The zero-order chi connectivity index (χ0) is 20.8. The van der Waals surface area contributed by atoms with E-state index in [-0.39, 0.29) is 22.0 Å². The fourth-order valence-corrected chi connectivity index (χ4v) is 5.16. The second-order valence-corrected chi connectivity index (χ2v) is 9.75. The number of pyridine rings is 1. The number of amidine groups is 1. The van der Waals surface area contributed by atoms with Crippen molar-refractivity contribution >= 4 is 43.9 Å². The Morgan fingerprint density at radius 1 is 1.28 bits per heavy atom. The number of anilines is 1. The second kappa shape index (κ2) is 7.38. The number of aromatic hydroxyl groups is 1. The lowest BCUT2D eigenvalue weighted by Gasteiger charge is -2.34. The highest BCUT2D eigenvalue weighted by atomic mass is 32.3. The average molecular weight is 435 g/mol. The lowest BCUT2D eigenvalue weighted by atomic mass is 10.1. The Bertz CT molecular complexity index is 1170. The molecule has 0 bridgehead atoms. The van der Waals surface area contributed by atoms with Crippen LogP contribution in [0.15, 0.2) is 49.8 Å². The first-order chi connectivity index (χ1) is 13.8. The van der Waals surface area contributed by atoms with Crippen LogP contribution < -0.4 is 16.3 Å². The van der Waals surface area contributed by atoms with Gasteiger partial charge in [0.2, 0.25) is 0 Å². The van der Waals surface area contributed by atoms with Crippen molar-refractivity contribution in [2.24, 2.45) is 10.3 Å². The molecule has 3 aromatic rings. The summed E-state index contributed by atoms with van der Waals surface area (Å²) in [5, 5.41) is 15.6. The molecule has 0 aliphatic carbocycles. The minimum absolute atomic E-state index is 0.0686. The van der Waals surface area contributed by atoms with Crippen LogP contribution in [-0.4, -0.2) is 31.3 Å². The highest BCUT2D eigenvalue weighted by molar-refractivity contribution is 8.23. The summed E-state index contributed by atoms with van der Waals surface area (Å²) < 4.78 is 26.9. The van der Waals surface area contributed by atoms with Crippen molar-refractivity contribution in [2.75, 3.05) is 17.3 Å². The van der Waals surface area contributed by atoms with Crippen LogP contribution in [0.5, 0.6) is 5.75 Å². The molecule has 1 aliphatic rings. The molecular formula is C19H22N4O4S2. The van der Waals surface area contributed by atoms with Gasteiger partial charge in [-0.25, -0.2) is 4.68 Å². The lowest BCUT2D eigenvalue weighted by molar-refractivity contribution is 0.478. The number of para-hydroxylation sites is 1. The molecule has 2 aromatic heterocycles. The van der Waals surface area contributed by atoms with Crippen molar-refractivity contribution in [3.05, 3.63) is 51.6 Å². The molecule has 0 amide bonds. The summed E-state index contributed by atoms with van der Waals surface area (Å²) >= 11 is 1.29. The fourth-order valence-electron chi connectivity index (χ4n) is 3.17. The Kier molecular flexibility index (Phi) is 5.03. The molecule has 0 spiro atoms. The van der Waals surface area contributed by atoms with Gasteiger partial charge in [0.25, 0.3) is 5.56 Å². The van der Waals surface area contributed by atoms with Gasteiger partial charge in [0.15, 0.2) is 11.6 Å². The maximum Gasteiger partial charge on any atom is 0.284 e. The van der Waals surface area contributed by atoms with Gasteiger partial charge in [-0.1, -0.05) is 36.8 Å². The molecule has 0 saturated carbocycles. The summed E-state index contributed by atoms with van der Waals surface area (Å²) in [6.45, 7) is 4.76. The van der Waals surface area contributed by atoms with Gasteiger partial charge in [-0.15, -0.1) is 15.7 Å². The molecular weight excluding hydrogens is 412 g/mol. The van der Waals surface area contributed by atoms with E-state index in [4.69, 9.17) is 0 Å². The van der Waals surface area contributed by atoms with Gasteiger partial charge in [0, 0.05) is 6.54 Å². The summed E-state index contributed by atoms with van der Waals surface area (Å²) in [7, 11) is -3.50. The number of benzene rings is 1. The molecule has 3 heterocycles. The number of aromatic nitrogens is 1. The van der Waals surface area contributed by atoms with Gasteiger partial charge in [-0.05, 0) is 35.9 Å². The van der Waals surface area contributed by atoms with E-state index in [0.29, 0.717) is 28.4 Å². The van der Waals surface area contributed by atoms with E-state index in [1.807, 2.05) is 0 Å². The first kappa shape index (κ1) is 19.8. The number of nitrogens with one attached hydrogen (secondary N) is 2. The quantitative estimate of drug-likeness (QED) is 0.409. The average Bonchev–Trinajstić information content (AvgIpc) is 3.14. The highest BCUT2D eigenvalue weighted by Gasteiger charge is 2.30. The van der Waals surface area contributed by atoms with E-state index >= 15 is 0 Å². The van der Waals surface area contributed by atoms with Crippen LogP contribution in [0.3, 0.4) is 0 Å². The van der Waals surface area contributed by atoms with Gasteiger partial charge in [-0.2, -0.15) is 0 Å². The first-order valence-corrected chi connectivity index (χ1v) is 11.5. The minimum atomic E-state index is -3.50.